The first-order valence-electron chi connectivity index (χ1n) is 3.69. The highest BCUT2D eigenvalue weighted by Crippen LogP contribution is 2.07. The molecule has 0 unspecified atom stereocenters. The molecule has 0 atom stereocenters. The van der Waals surface area contributed by atoms with E-state index in [1.807, 2.05) is 16.8 Å². The SMILES string of the molecule is CN(Cc1ccsc1)C(=O)CN. The van der Waals surface area contributed by atoms with E-state index >= 15 is 0 Å². The summed E-state index contributed by atoms with van der Waals surface area (Å²) in [5.41, 5.74) is 6.37. The van der Waals surface area contributed by atoms with Crippen molar-refractivity contribution in [1.29, 1.82) is 0 Å². The number of likely N-dealkylation sites (N-methyl/N-ethyl adjacent to an activating group) is 1. The Hall–Kier alpha value is -0.870. The van der Waals surface area contributed by atoms with Crippen molar-refractivity contribution < 1.29 is 4.79 Å². The Labute approximate surface area is 75.8 Å². The van der Waals surface area contributed by atoms with Crippen LogP contribution in [0, 0.1) is 0 Å². The molecule has 0 spiro atoms. The average molecular weight is 184 g/mol. The van der Waals surface area contributed by atoms with Crippen molar-refractivity contribution in [2.75, 3.05) is 13.6 Å². The van der Waals surface area contributed by atoms with Crippen LogP contribution in [-0.4, -0.2) is 24.4 Å². The van der Waals surface area contributed by atoms with Gasteiger partial charge in [-0.15, -0.1) is 0 Å². The van der Waals surface area contributed by atoms with Gasteiger partial charge in [0.15, 0.2) is 0 Å². The molecule has 0 bridgehead atoms. The maximum absolute atomic E-state index is 11.0. The Morgan fingerprint density at radius 2 is 2.50 bits per heavy atom. The van der Waals surface area contributed by atoms with Crippen LogP contribution in [0.5, 0.6) is 0 Å². The molecule has 0 aliphatic carbocycles. The molecular formula is C8H12N2OS. The van der Waals surface area contributed by atoms with Crippen LogP contribution in [0.15, 0.2) is 16.8 Å². The Kier molecular flexibility index (Phi) is 3.25. The summed E-state index contributed by atoms with van der Waals surface area (Å²) in [5.74, 6) is -0.0267. The summed E-state index contributed by atoms with van der Waals surface area (Å²) in [6.07, 6.45) is 0. The predicted octanol–water partition coefficient (Wildman–Crippen LogP) is 0.665. The maximum atomic E-state index is 11.0. The third-order valence-electron chi connectivity index (χ3n) is 1.60. The summed E-state index contributed by atoms with van der Waals surface area (Å²) < 4.78 is 0. The fourth-order valence-electron chi connectivity index (χ4n) is 0.900. The Bertz CT molecular complexity index is 246. The van der Waals surface area contributed by atoms with Crippen molar-refractivity contribution >= 4 is 17.2 Å². The summed E-state index contributed by atoms with van der Waals surface area (Å²) in [6.45, 7) is 0.736. The molecule has 1 aromatic heterocycles. The number of thiophene rings is 1. The fraction of sp³-hybridized carbons (Fsp3) is 0.375. The van der Waals surface area contributed by atoms with E-state index in [9.17, 15) is 4.79 Å². The van der Waals surface area contributed by atoms with E-state index in [1.165, 1.54) is 0 Å². The molecule has 0 fully saturated rings. The quantitative estimate of drug-likeness (QED) is 0.750. The summed E-state index contributed by atoms with van der Waals surface area (Å²) in [4.78, 5) is 12.7. The second kappa shape index (κ2) is 4.23. The molecule has 0 radical (unpaired) electrons. The van der Waals surface area contributed by atoms with Gasteiger partial charge < -0.3 is 10.6 Å². The second-order valence-corrected chi connectivity index (χ2v) is 3.37. The molecule has 2 N–H and O–H groups in total. The lowest BCUT2D eigenvalue weighted by Gasteiger charge is -2.14. The molecule has 0 aromatic carbocycles. The Morgan fingerprint density at radius 1 is 1.75 bits per heavy atom. The van der Waals surface area contributed by atoms with Gasteiger partial charge in [-0.25, -0.2) is 0 Å². The summed E-state index contributed by atoms with van der Waals surface area (Å²) in [6, 6.07) is 2.00. The van der Waals surface area contributed by atoms with Gasteiger partial charge in [0.05, 0.1) is 6.54 Å². The average Bonchev–Trinajstić information content (AvgIpc) is 2.55. The third-order valence-corrected chi connectivity index (χ3v) is 2.33. The number of nitrogens with two attached hydrogens (primary N) is 1. The molecule has 1 rings (SSSR count). The van der Waals surface area contributed by atoms with E-state index in [1.54, 1.807) is 23.3 Å². The molecule has 0 aliphatic rings. The Morgan fingerprint density at radius 3 is 3.00 bits per heavy atom. The molecule has 0 saturated carbocycles. The lowest BCUT2D eigenvalue weighted by atomic mass is 10.3. The number of hydrogen-bond donors (Lipinski definition) is 1. The zero-order valence-electron chi connectivity index (χ0n) is 6.99. The number of amides is 1. The molecule has 0 aliphatic heterocycles. The second-order valence-electron chi connectivity index (χ2n) is 2.59. The number of carbonyl (C=O) groups excluding carboxylic acids is 1. The number of carbonyl (C=O) groups is 1. The first kappa shape index (κ1) is 9.22. The normalized spacial score (nSPS) is 9.83. The third kappa shape index (κ3) is 2.32. The molecule has 1 heterocycles. The number of hydrogen-bond acceptors (Lipinski definition) is 3. The molecule has 66 valence electrons. The Balaban J connectivity index is 2.47. The van der Waals surface area contributed by atoms with Crippen LogP contribution >= 0.6 is 11.3 Å². The van der Waals surface area contributed by atoms with Crippen LogP contribution < -0.4 is 5.73 Å². The van der Waals surface area contributed by atoms with Crippen LogP contribution in [0.4, 0.5) is 0 Å². The van der Waals surface area contributed by atoms with Crippen molar-refractivity contribution in [2.45, 2.75) is 6.54 Å². The van der Waals surface area contributed by atoms with Gasteiger partial charge in [0.25, 0.3) is 0 Å². The van der Waals surface area contributed by atoms with Crippen LogP contribution in [0.25, 0.3) is 0 Å². The van der Waals surface area contributed by atoms with Crippen LogP contribution in [0.2, 0.25) is 0 Å². The van der Waals surface area contributed by atoms with Gasteiger partial charge in [0.1, 0.15) is 0 Å². The largest absolute Gasteiger partial charge is 0.340 e. The topological polar surface area (TPSA) is 46.3 Å². The minimum atomic E-state index is -0.0267. The van der Waals surface area contributed by atoms with E-state index < -0.39 is 0 Å². The minimum absolute atomic E-state index is 0.0267. The molecule has 1 aromatic rings. The zero-order valence-corrected chi connectivity index (χ0v) is 7.80. The lowest BCUT2D eigenvalue weighted by molar-refractivity contribution is -0.128. The molecule has 4 heteroatoms. The van der Waals surface area contributed by atoms with Gasteiger partial charge in [-0.05, 0) is 22.4 Å². The summed E-state index contributed by atoms with van der Waals surface area (Å²) >= 11 is 1.63. The predicted molar refractivity (Wildman–Crippen MR) is 49.8 cm³/mol. The van der Waals surface area contributed by atoms with Gasteiger partial charge in [0, 0.05) is 13.6 Å². The molecule has 3 nitrogen and oxygen atoms in total. The number of nitrogens with zero attached hydrogens (tertiary/aromatic N) is 1. The standard InChI is InChI=1S/C8H12N2OS/c1-10(8(11)4-9)5-7-2-3-12-6-7/h2-3,6H,4-5,9H2,1H3. The first-order valence-corrected chi connectivity index (χ1v) is 4.63. The monoisotopic (exact) mass is 184 g/mol. The van der Waals surface area contributed by atoms with E-state index in [-0.39, 0.29) is 12.5 Å². The van der Waals surface area contributed by atoms with Gasteiger partial charge in [-0.3, -0.25) is 4.79 Å². The highest BCUT2D eigenvalue weighted by molar-refractivity contribution is 7.07. The molecule has 12 heavy (non-hydrogen) atoms. The van der Waals surface area contributed by atoms with Gasteiger partial charge >= 0.3 is 0 Å². The van der Waals surface area contributed by atoms with Crippen molar-refractivity contribution in [2.24, 2.45) is 5.73 Å². The van der Waals surface area contributed by atoms with Crippen molar-refractivity contribution in [3.05, 3.63) is 22.4 Å². The zero-order chi connectivity index (χ0) is 8.97. The van der Waals surface area contributed by atoms with Gasteiger partial charge in [0.2, 0.25) is 5.91 Å². The van der Waals surface area contributed by atoms with E-state index in [2.05, 4.69) is 0 Å². The minimum Gasteiger partial charge on any atom is -0.340 e. The lowest BCUT2D eigenvalue weighted by Crippen LogP contribution is -2.31. The molecular weight excluding hydrogens is 172 g/mol. The van der Waals surface area contributed by atoms with Crippen LogP contribution in [0.1, 0.15) is 5.56 Å². The van der Waals surface area contributed by atoms with Crippen LogP contribution in [0.3, 0.4) is 0 Å². The van der Waals surface area contributed by atoms with Gasteiger partial charge in [-0.1, -0.05) is 0 Å². The van der Waals surface area contributed by atoms with Crippen molar-refractivity contribution in [1.82, 2.24) is 4.90 Å². The van der Waals surface area contributed by atoms with Crippen LogP contribution in [-0.2, 0) is 11.3 Å². The first-order chi connectivity index (χ1) is 5.74. The van der Waals surface area contributed by atoms with Gasteiger partial charge in [-0.2, -0.15) is 11.3 Å². The van der Waals surface area contributed by atoms with Crippen molar-refractivity contribution in [3.63, 3.8) is 0 Å². The summed E-state index contributed by atoms with van der Waals surface area (Å²) in [5, 5.41) is 4.02. The smallest absolute Gasteiger partial charge is 0.236 e. The van der Waals surface area contributed by atoms with E-state index in [0.29, 0.717) is 6.54 Å². The van der Waals surface area contributed by atoms with Crippen molar-refractivity contribution in [3.8, 4) is 0 Å². The fourth-order valence-corrected chi connectivity index (χ4v) is 1.56. The molecule has 1 amide bonds. The highest BCUT2D eigenvalue weighted by atomic mass is 32.1. The van der Waals surface area contributed by atoms with E-state index in [4.69, 9.17) is 5.73 Å². The summed E-state index contributed by atoms with van der Waals surface area (Å²) in [7, 11) is 1.76. The number of rotatable bonds is 3. The maximum Gasteiger partial charge on any atom is 0.236 e. The van der Waals surface area contributed by atoms with E-state index in [0.717, 1.165) is 5.56 Å². The highest BCUT2D eigenvalue weighted by Gasteiger charge is 2.05. The molecule has 0 saturated heterocycles.